The van der Waals surface area contributed by atoms with E-state index in [0.29, 0.717) is 22.3 Å². The van der Waals surface area contributed by atoms with Crippen LogP contribution in [0.2, 0.25) is 0 Å². The summed E-state index contributed by atoms with van der Waals surface area (Å²) < 4.78 is 147. The third-order valence-corrected chi connectivity index (χ3v) is 26.7. The van der Waals surface area contributed by atoms with Crippen LogP contribution in [0.25, 0.3) is 22.3 Å². The third kappa shape index (κ3) is 8.22. The molecule has 6 rings (SSSR count). The standard InChI is InChI=1S/C42H42F10O2S2.Ti/c1-41(2,3)21-13-19(39(53)23(15-21)27-29(43)33(47)37(51)34(48)30(27)44)17-55-25-11-9-7-8-10-12-26(25)56-18-20-14-22(42(4,5)6)16-24(40(20)54)28-31(45)35(49)38(52)36(50)32(28)46;/h13-16,25-26,53-54H,7-12,17-18H2,1-6H3;/t25-,26?;/m0./s1. The van der Waals surface area contributed by atoms with E-state index >= 15 is 17.6 Å². The van der Waals surface area contributed by atoms with E-state index in [-0.39, 0.29) is 22.0 Å². The van der Waals surface area contributed by atoms with Crippen molar-refractivity contribution in [2.75, 3.05) is 0 Å². The predicted molar refractivity (Wildman–Crippen MR) is 202 cm³/mol. The average molecular weight is 881 g/mol. The number of fused-ring (bicyclic) bond motifs is 1. The molecule has 0 bridgehead atoms. The van der Waals surface area contributed by atoms with E-state index in [4.69, 9.17) is 0 Å². The van der Waals surface area contributed by atoms with Crippen LogP contribution in [0.4, 0.5) is 43.9 Å². The molecule has 1 aliphatic carbocycles. The maximum atomic E-state index is 15.2. The molecule has 2 nitrogen and oxygen atoms in total. The van der Waals surface area contributed by atoms with Crippen LogP contribution in [0, 0.1) is 58.2 Å². The molecule has 2 aliphatic rings. The Morgan fingerprint density at radius 1 is 0.491 bits per heavy atom. The fraction of sp³-hybridized carbons (Fsp3) is 0.429. The van der Waals surface area contributed by atoms with E-state index in [1.54, 1.807) is 12.1 Å². The molecular formula is C42H42F10O2S2Ti. The predicted octanol–water partition coefficient (Wildman–Crippen LogP) is 13.7. The number of hydrogen-bond donors (Lipinski definition) is 2. The van der Waals surface area contributed by atoms with Gasteiger partial charge in [0.05, 0.1) is 0 Å². The Bertz CT molecular complexity index is 2160. The summed E-state index contributed by atoms with van der Waals surface area (Å²) in [5, 5.41) is 23.6. The Morgan fingerprint density at radius 3 is 1.09 bits per heavy atom. The molecule has 0 aromatic heterocycles. The Balaban J connectivity index is 1.54. The molecule has 2 N–H and O–H groups in total. The Kier molecular flexibility index (Phi) is 12.5. The van der Waals surface area contributed by atoms with Crippen molar-refractivity contribution in [2.45, 2.75) is 113 Å². The third-order valence-electron chi connectivity index (χ3n) is 10.8. The molecule has 1 fully saturated rings. The zero-order valence-electron chi connectivity index (χ0n) is 32.1. The van der Waals surface area contributed by atoms with Crippen LogP contribution in [0.15, 0.2) is 24.3 Å². The van der Waals surface area contributed by atoms with Gasteiger partial charge in [0.15, 0.2) is 0 Å². The fourth-order valence-electron chi connectivity index (χ4n) is 7.48. The van der Waals surface area contributed by atoms with E-state index in [1.807, 2.05) is 41.5 Å². The molecule has 0 amide bonds. The SMILES string of the molecule is CC(C)(C)c1cc(C[S]2=[Ti]=[S](Cc3cc(C(C)(C)C)cc(-c4c(F)c(F)c(F)c(F)c4F)c3O)[C@H]3CCCCCCC32)c(O)c(-c2c(F)c(F)c(F)c(F)c2F)c1. The van der Waals surface area contributed by atoms with Crippen molar-refractivity contribution >= 4 is 15.9 Å². The van der Waals surface area contributed by atoms with Crippen molar-refractivity contribution in [3.05, 3.63) is 105 Å². The number of phenolic OH excluding ortho intramolecular Hbond substituents is 2. The molecule has 1 saturated carbocycles. The van der Waals surface area contributed by atoms with Crippen LogP contribution >= 0.6 is 15.9 Å². The van der Waals surface area contributed by atoms with Crippen LogP contribution in [0.5, 0.6) is 11.5 Å². The molecule has 4 atom stereocenters. The molecule has 1 aliphatic heterocycles. The summed E-state index contributed by atoms with van der Waals surface area (Å²) in [7, 11) is -0.796. The van der Waals surface area contributed by atoms with Gasteiger partial charge >= 0.3 is 337 Å². The molecule has 4 aromatic carbocycles. The van der Waals surface area contributed by atoms with Crippen molar-refractivity contribution in [2.24, 2.45) is 0 Å². The van der Waals surface area contributed by atoms with Crippen molar-refractivity contribution in [1.82, 2.24) is 0 Å². The second-order valence-electron chi connectivity index (χ2n) is 16.8. The van der Waals surface area contributed by atoms with Gasteiger partial charge in [0.25, 0.3) is 0 Å². The van der Waals surface area contributed by atoms with Crippen molar-refractivity contribution in [1.29, 1.82) is 0 Å². The topological polar surface area (TPSA) is 40.5 Å². The number of hydrogen-bond acceptors (Lipinski definition) is 2. The summed E-state index contributed by atoms with van der Waals surface area (Å²) >= 11 is -0.996. The molecule has 15 heteroatoms. The number of rotatable bonds is 6. The average Bonchev–Trinajstić information content (AvgIpc) is 3.43. The van der Waals surface area contributed by atoms with E-state index in [9.17, 15) is 36.6 Å². The summed E-state index contributed by atoms with van der Waals surface area (Å²) in [6, 6.07) is 5.93. The van der Waals surface area contributed by atoms with Gasteiger partial charge in [-0.25, -0.2) is 0 Å². The Hall–Kier alpha value is -2.81. The number of benzene rings is 4. The van der Waals surface area contributed by atoms with E-state index in [1.165, 1.54) is 12.1 Å². The van der Waals surface area contributed by atoms with Gasteiger partial charge < -0.3 is 0 Å². The first-order valence-corrected chi connectivity index (χ1v) is 25.2. The van der Waals surface area contributed by atoms with E-state index in [2.05, 4.69) is 0 Å². The van der Waals surface area contributed by atoms with Gasteiger partial charge in [-0.1, -0.05) is 0 Å². The Labute approximate surface area is 335 Å². The quantitative estimate of drug-likeness (QED) is 0.0877. The molecule has 0 radical (unpaired) electrons. The summed E-state index contributed by atoms with van der Waals surface area (Å²) in [6.07, 6.45) is 5.54. The van der Waals surface area contributed by atoms with Gasteiger partial charge in [0.2, 0.25) is 0 Å². The zero-order valence-corrected chi connectivity index (χ0v) is 35.3. The first kappa shape index (κ1) is 43.8. The Morgan fingerprint density at radius 2 is 0.789 bits per heavy atom. The molecule has 1 heterocycles. The van der Waals surface area contributed by atoms with Gasteiger partial charge in [0.1, 0.15) is 0 Å². The minimum absolute atomic E-state index is 0.145. The first-order chi connectivity index (χ1) is 26.5. The molecule has 4 aromatic rings. The van der Waals surface area contributed by atoms with Crippen LogP contribution in [-0.4, -0.2) is 20.7 Å². The van der Waals surface area contributed by atoms with Crippen LogP contribution in [0.1, 0.15) is 102 Å². The van der Waals surface area contributed by atoms with Crippen LogP contribution in [-0.2, 0) is 37.8 Å². The number of aromatic hydroxyl groups is 2. The molecule has 57 heavy (non-hydrogen) atoms. The summed E-state index contributed by atoms with van der Waals surface area (Å²) in [5.41, 5.74) is -3.13. The number of phenols is 2. The molecular weight excluding hydrogens is 838 g/mol. The molecule has 0 saturated heterocycles. The fourth-order valence-corrected chi connectivity index (χ4v) is 28.3. The van der Waals surface area contributed by atoms with E-state index < -0.39 is 134 Å². The molecule has 3 unspecified atom stereocenters. The minimum atomic E-state index is -2.31. The second-order valence-corrected chi connectivity index (χ2v) is 28.2. The normalized spacial score (nSPS) is 20.1. The summed E-state index contributed by atoms with van der Waals surface area (Å²) in [6.45, 7) is 10.9. The first-order valence-electron chi connectivity index (χ1n) is 18.5. The van der Waals surface area contributed by atoms with Crippen molar-refractivity contribution in [3.63, 3.8) is 0 Å². The molecule has 308 valence electrons. The summed E-state index contributed by atoms with van der Waals surface area (Å²) in [5.74, 6) is -22.0. The van der Waals surface area contributed by atoms with Crippen LogP contribution in [0.3, 0.4) is 0 Å². The van der Waals surface area contributed by atoms with Gasteiger partial charge in [-0.2, -0.15) is 0 Å². The monoisotopic (exact) mass is 880 g/mol. The van der Waals surface area contributed by atoms with Gasteiger partial charge in [0, 0.05) is 0 Å². The van der Waals surface area contributed by atoms with Crippen molar-refractivity contribution in [3.8, 4) is 33.8 Å². The van der Waals surface area contributed by atoms with Crippen molar-refractivity contribution < 1.29 is 69.6 Å². The molecule has 0 spiro atoms. The maximum absolute atomic E-state index is 15.2. The zero-order chi connectivity index (χ0) is 42.0. The number of halogens is 10. The van der Waals surface area contributed by atoms with Gasteiger partial charge in [-0.05, 0) is 0 Å². The summed E-state index contributed by atoms with van der Waals surface area (Å²) in [4.78, 5) is 0. The van der Waals surface area contributed by atoms with Crippen LogP contribution < -0.4 is 0 Å². The van der Waals surface area contributed by atoms with E-state index in [0.717, 1.165) is 38.5 Å². The van der Waals surface area contributed by atoms with Gasteiger partial charge in [-0.15, -0.1) is 0 Å². The second kappa shape index (κ2) is 16.3. The van der Waals surface area contributed by atoms with Gasteiger partial charge in [-0.3, -0.25) is 0 Å².